The summed E-state index contributed by atoms with van der Waals surface area (Å²) >= 11 is 0. The topological polar surface area (TPSA) is 106 Å². The number of benzene rings is 1. The van der Waals surface area contributed by atoms with Crippen molar-refractivity contribution in [1.82, 2.24) is 15.0 Å². The molecule has 1 aliphatic carbocycles. The molecular formula is C20H19N5O3. The van der Waals surface area contributed by atoms with Crippen LogP contribution >= 0.6 is 0 Å². The number of carbonyl (C=O) groups excluding carboxylic acids is 1. The van der Waals surface area contributed by atoms with Gasteiger partial charge >= 0.3 is 0 Å². The Bertz CT molecular complexity index is 1240. The highest BCUT2D eigenvalue weighted by molar-refractivity contribution is 6.14. The van der Waals surface area contributed by atoms with Crippen molar-refractivity contribution < 1.29 is 13.6 Å². The van der Waals surface area contributed by atoms with E-state index in [9.17, 15) is 4.79 Å². The largest absolute Gasteiger partial charge is 0.445 e. The highest BCUT2D eigenvalue weighted by Crippen LogP contribution is 2.40. The molecule has 1 amide bonds. The Morgan fingerprint density at radius 3 is 2.79 bits per heavy atom. The third-order valence-corrected chi connectivity index (χ3v) is 4.96. The lowest BCUT2D eigenvalue weighted by Gasteiger charge is -2.14. The molecule has 0 unspecified atom stereocenters. The number of furan rings is 1. The van der Waals surface area contributed by atoms with Crippen LogP contribution in [0.2, 0.25) is 0 Å². The van der Waals surface area contributed by atoms with Crippen molar-refractivity contribution >= 4 is 39.6 Å². The summed E-state index contributed by atoms with van der Waals surface area (Å²) in [7, 11) is 0. The van der Waals surface area contributed by atoms with Crippen LogP contribution in [0.5, 0.6) is 0 Å². The lowest BCUT2D eigenvalue weighted by molar-refractivity contribution is 0.102. The molecule has 1 aromatic carbocycles. The van der Waals surface area contributed by atoms with Crippen molar-refractivity contribution in [3.8, 4) is 0 Å². The normalized spacial score (nSPS) is 15.1. The van der Waals surface area contributed by atoms with Gasteiger partial charge in [-0.05, 0) is 44.9 Å². The lowest BCUT2D eigenvalue weighted by atomic mass is 10.2. The molecule has 2 N–H and O–H groups in total. The number of oxazole rings is 1. The molecule has 8 heteroatoms. The predicted molar refractivity (Wildman–Crippen MR) is 105 cm³/mol. The molecule has 4 aromatic rings. The van der Waals surface area contributed by atoms with Gasteiger partial charge in [0.05, 0.1) is 10.9 Å². The lowest BCUT2D eigenvalue weighted by Crippen LogP contribution is -2.19. The Morgan fingerprint density at radius 2 is 2.00 bits per heavy atom. The van der Waals surface area contributed by atoms with E-state index in [0.717, 1.165) is 12.8 Å². The number of anilines is 2. The molecule has 0 radical (unpaired) electrons. The van der Waals surface area contributed by atoms with E-state index in [1.54, 1.807) is 32.0 Å². The Balaban J connectivity index is 1.51. The predicted octanol–water partition coefficient (Wildman–Crippen LogP) is 4.20. The minimum atomic E-state index is -0.297. The maximum Gasteiger partial charge on any atom is 0.259 e. The molecule has 3 heterocycles. The third-order valence-electron chi connectivity index (χ3n) is 4.96. The number of aromatic nitrogens is 3. The number of hydrogen-bond donors (Lipinski definition) is 2. The second kappa shape index (κ2) is 5.79. The Hall–Kier alpha value is -3.42. The minimum Gasteiger partial charge on any atom is -0.445 e. The molecule has 3 aromatic heterocycles. The van der Waals surface area contributed by atoms with Crippen molar-refractivity contribution in [2.45, 2.75) is 39.2 Å². The molecule has 0 spiro atoms. The third kappa shape index (κ3) is 2.87. The molecule has 5 rings (SSSR count). The maximum absolute atomic E-state index is 13.0. The first kappa shape index (κ1) is 16.7. The first-order chi connectivity index (χ1) is 13.4. The standard InChI is InChI=1S/C20H19N5O3/c1-10-21-17(25-20(3)6-7-20)16-13(9-27-19(16)22-10)18(26)24-12-4-5-15-14(8-12)23-11(2)28-15/h4-5,8-9H,6-7H2,1-3H3,(H,24,26)(H,21,22,25). The number of nitrogens with one attached hydrogen (secondary N) is 2. The fourth-order valence-electron chi connectivity index (χ4n) is 3.22. The van der Waals surface area contributed by atoms with E-state index >= 15 is 0 Å². The fourth-order valence-corrected chi connectivity index (χ4v) is 3.22. The molecule has 0 bridgehead atoms. The van der Waals surface area contributed by atoms with Crippen molar-refractivity contribution in [3.05, 3.63) is 41.7 Å². The molecule has 1 aliphatic rings. The Kier molecular flexibility index (Phi) is 3.46. The molecule has 1 fully saturated rings. The van der Waals surface area contributed by atoms with Gasteiger partial charge in [-0.25, -0.2) is 9.97 Å². The van der Waals surface area contributed by atoms with E-state index in [1.807, 2.05) is 0 Å². The second-order valence-corrected chi connectivity index (χ2v) is 7.50. The van der Waals surface area contributed by atoms with Crippen LogP contribution < -0.4 is 10.6 Å². The SMILES string of the molecule is Cc1nc(NC2(C)CC2)c2c(C(=O)Nc3ccc4oc(C)nc4c3)coc2n1. The van der Waals surface area contributed by atoms with Crippen LogP contribution in [0.4, 0.5) is 11.5 Å². The summed E-state index contributed by atoms with van der Waals surface area (Å²) in [4.78, 5) is 26.1. The number of fused-ring (bicyclic) bond motifs is 2. The van der Waals surface area contributed by atoms with Crippen molar-refractivity contribution in [2.24, 2.45) is 0 Å². The van der Waals surface area contributed by atoms with Crippen LogP contribution in [0.1, 0.15) is 41.8 Å². The monoisotopic (exact) mass is 377 g/mol. The summed E-state index contributed by atoms with van der Waals surface area (Å²) in [5.74, 6) is 1.50. The molecular weight excluding hydrogens is 358 g/mol. The van der Waals surface area contributed by atoms with Crippen LogP contribution in [-0.4, -0.2) is 26.4 Å². The quantitative estimate of drug-likeness (QED) is 0.549. The van der Waals surface area contributed by atoms with Crippen LogP contribution in [0.25, 0.3) is 22.2 Å². The zero-order chi connectivity index (χ0) is 19.5. The Morgan fingerprint density at radius 1 is 1.18 bits per heavy atom. The Labute approximate surface area is 160 Å². The van der Waals surface area contributed by atoms with Gasteiger partial charge in [0.2, 0.25) is 5.71 Å². The highest BCUT2D eigenvalue weighted by Gasteiger charge is 2.38. The van der Waals surface area contributed by atoms with Crippen LogP contribution in [0.15, 0.2) is 33.3 Å². The molecule has 8 nitrogen and oxygen atoms in total. The van der Waals surface area contributed by atoms with Gasteiger partial charge in [0, 0.05) is 18.2 Å². The second-order valence-electron chi connectivity index (χ2n) is 7.50. The van der Waals surface area contributed by atoms with Crippen LogP contribution in [0, 0.1) is 13.8 Å². The molecule has 142 valence electrons. The zero-order valence-corrected chi connectivity index (χ0v) is 15.8. The minimum absolute atomic E-state index is 0.00852. The van der Waals surface area contributed by atoms with E-state index < -0.39 is 0 Å². The number of hydrogen-bond acceptors (Lipinski definition) is 7. The fraction of sp³-hybridized carbons (Fsp3) is 0.300. The molecule has 28 heavy (non-hydrogen) atoms. The van der Waals surface area contributed by atoms with Gasteiger partial charge in [0.15, 0.2) is 11.5 Å². The van der Waals surface area contributed by atoms with E-state index in [-0.39, 0.29) is 11.4 Å². The van der Waals surface area contributed by atoms with Crippen molar-refractivity contribution in [1.29, 1.82) is 0 Å². The number of carbonyl (C=O) groups is 1. The number of nitrogens with zero attached hydrogens (tertiary/aromatic N) is 3. The summed E-state index contributed by atoms with van der Waals surface area (Å²) < 4.78 is 11.0. The van der Waals surface area contributed by atoms with E-state index in [2.05, 4.69) is 32.5 Å². The average molecular weight is 377 g/mol. The summed E-state index contributed by atoms with van der Waals surface area (Å²) in [6, 6.07) is 5.33. The van der Waals surface area contributed by atoms with E-state index in [4.69, 9.17) is 8.83 Å². The van der Waals surface area contributed by atoms with Gasteiger partial charge < -0.3 is 19.5 Å². The molecule has 0 aliphatic heterocycles. The van der Waals surface area contributed by atoms with Gasteiger partial charge in [0.25, 0.3) is 5.91 Å². The summed E-state index contributed by atoms with van der Waals surface area (Å²) in [5, 5.41) is 6.92. The summed E-state index contributed by atoms with van der Waals surface area (Å²) in [6.07, 6.45) is 3.55. The summed E-state index contributed by atoms with van der Waals surface area (Å²) in [6.45, 7) is 5.72. The molecule has 0 atom stereocenters. The first-order valence-corrected chi connectivity index (χ1v) is 9.13. The van der Waals surface area contributed by atoms with Crippen molar-refractivity contribution in [3.63, 3.8) is 0 Å². The van der Waals surface area contributed by atoms with Gasteiger partial charge in [-0.15, -0.1) is 0 Å². The van der Waals surface area contributed by atoms with E-state index in [1.165, 1.54) is 6.26 Å². The summed E-state index contributed by atoms with van der Waals surface area (Å²) in [5.41, 5.74) is 2.78. The first-order valence-electron chi connectivity index (χ1n) is 9.13. The smallest absolute Gasteiger partial charge is 0.259 e. The maximum atomic E-state index is 13.0. The number of rotatable bonds is 4. The van der Waals surface area contributed by atoms with Gasteiger partial charge in [-0.2, -0.15) is 4.98 Å². The molecule has 0 saturated heterocycles. The van der Waals surface area contributed by atoms with Gasteiger partial charge in [-0.3, -0.25) is 4.79 Å². The zero-order valence-electron chi connectivity index (χ0n) is 15.8. The van der Waals surface area contributed by atoms with Crippen molar-refractivity contribution in [2.75, 3.05) is 10.6 Å². The van der Waals surface area contributed by atoms with Crippen LogP contribution in [0.3, 0.4) is 0 Å². The number of amides is 1. The van der Waals surface area contributed by atoms with Gasteiger partial charge in [-0.1, -0.05) is 0 Å². The highest BCUT2D eigenvalue weighted by atomic mass is 16.3. The average Bonchev–Trinajstić information content (AvgIpc) is 3.03. The van der Waals surface area contributed by atoms with Gasteiger partial charge in [0.1, 0.15) is 23.4 Å². The van der Waals surface area contributed by atoms with E-state index in [0.29, 0.717) is 51.0 Å². The van der Waals surface area contributed by atoms with Crippen LogP contribution in [-0.2, 0) is 0 Å². The molecule has 1 saturated carbocycles. The number of aryl methyl sites for hydroxylation is 2.